The van der Waals surface area contributed by atoms with E-state index in [1.807, 2.05) is 0 Å². The first-order valence-corrected chi connectivity index (χ1v) is 2.18. The second-order valence-corrected chi connectivity index (χ2v) is 1.34. The van der Waals surface area contributed by atoms with Crippen molar-refractivity contribution < 1.29 is 0 Å². The minimum absolute atomic E-state index is 0. The van der Waals surface area contributed by atoms with Crippen molar-refractivity contribution in [2.45, 2.75) is 0 Å². The zero-order valence-electron chi connectivity index (χ0n) is 4.94. The Morgan fingerprint density at radius 1 is 1.60 bits per heavy atom. The van der Waals surface area contributed by atoms with E-state index in [2.05, 4.69) is 15.4 Å². The molecule has 0 spiro atoms. The fraction of sp³-hybridized carbons (Fsp3) is 0. The van der Waals surface area contributed by atoms with Crippen LogP contribution in [0, 0.1) is 11.3 Å². The minimum atomic E-state index is 0. The Balaban J connectivity index is 0.000000810. The van der Waals surface area contributed by atoms with Crippen LogP contribution < -0.4 is 5.73 Å². The Hall–Kier alpha value is -1.18. The predicted molar refractivity (Wildman–Crippen MR) is 37.5 cm³/mol. The van der Waals surface area contributed by atoms with Crippen LogP contribution in [0.3, 0.4) is 0 Å². The SMILES string of the molecule is N#Cc1cnnnc1N.[SeH2]. The maximum atomic E-state index is 8.28. The Morgan fingerprint density at radius 2 is 2.30 bits per heavy atom. The molecular formula is C4H5N5Se. The van der Waals surface area contributed by atoms with Gasteiger partial charge in [0.05, 0.1) is 6.20 Å². The van der Waals surface area contributed by atoms with Crippen LogP contribution in [-0.2, 0) is 0 Å². The molecule has 0 radical (unpaired) electrons. The molecule has 10 heavy (non-hydrogen) atoms. The zero-order chi connectivity index (χ0) is 6.69. The fourth-order valence-corrected chi connectivity index (χ4v) is 0.364. The van der Waals surface area contributed by atoms with Crippen molar-refractivity contribution in [1.82, 2.24) is 15.4 Å². The van der Waals surface area contributed by atoms with Gasteiger partial charge < -0.3 is 5.73 Å². The summed E-state index contributed by atoms with van der Waals surface area (Å²) in [4.78, 5) is 0. The van der Waals surface area contributed by atoms with Crippen LogP contribution in [0.1, 0.15) is 5.56 Å². The van der Waals surface area contributed by atoms with Crippen molar-refractivity contribution >= 4 is 22.9 Å². The van der Waals surface area contributed by atoms with E-state index in [1.54, 1.807) is 6.07 Å². The molecule has 1 aromatic rings. The van der Waals surface area contributed by atoms with Gasteiger partial charge in [0.2, 0.25) is 0 Å². The molecule has 1 aromatic heterocycles. The standard InChI is InChI=1S/C4H3N5.H2Se/c5-1-3-2-7-9-8-4(3)6;/h2H,(H2,6,7,8);1H2. The van der Waals surface area contributed by atoms with Gasteiger partial charge in [-0.1, -0.05) is 0 Å². The molecule has 0 aliphatic rings. The monoisotopic (exact) mass is 203 g/mol. The summed E-state index contributed by atoms with van der Waals surface area (Å²) in [5, 5.41) is 18.2. The molecule has 0 aromatic carbocycles. The second kappa shape index (κ2) is 3.77. The van der Waals surface area contributed by atoms with E-state index in [-0.39, 0.29) is 28.4 Å². The third kappa shape index (κ3) is 1.65. The molecule has 0 aliphatic heterocycles. The molecule has 0 saturated carbocycles. The Kier molecular flexibility index (Phi) is 3.33. The second-order valence-electron chi connectivity index (χ2n) is 1.34. The van der Waals surface area contributed by atoms with Gasteiger partial charge in [-0.25, -0.2) is 0 Å². The molecule has 52 valence electrons. The van der Waals surface area contributed by atoms with Gasteiger partial charge in [0.25, 0.3) is 0 Å². The topological polar surface area (TPSA) is 88.5 Å². The molecule has 1 heterocycles. The molecule has 0 saturated heterocycles. The van der Waals surface area contributed by atoms with E-state index < -0.39 is 0 Å². The van der Waals surface area contributed by atoms with E-state index in [1.165, 1.54) is 6.20 Å². The molecule has 1 rings (SSSR count). The molecule has 0 bridgehead atoms. The third-order valence-corrected chi connectivity index (χ3v) is 0.787. The van der Waals surface area contributed by atoms with E-state index in [9.17, 15) is 0 Å². The Bertz CT molecular complexity index is 254. The average Bonchev–Trinajstić information content (AvgIpc) is 1.89. The molecule has 5 nitrogen and oxygen atoms in total. The van der Waals surface area contributed by atoms with Crippen molar-refractivity contribution in [2.24, 2.45) is 0 Å². The number of nitrogen functional groups attached to an aromatic ring is 1. The van der Waals surface area contributed by atoms with Gasteiger partial charge in [0, 0.05) is 0 Å². The summed E-state index contributed by atoms with van der Waals surface area (Å²) in [7, 11) is 0. The van der Waals surface area contributed by atoms with Crippen LogP contribution >= 0.6 is 0 Å². The van der Waals surface area contributed by atoms with Crippen molar-refractivity contribution in [3.05, 3.63) is 11.8 Å². The van der Waals surface area contributed by atoms with Gasteiger partial charge >= 0.3 is 17.1 Å². The van der Waals surface area contributed by atoms with Crippen LogP contribution in [0.15, 0.2) is 6.20 Å². The summed E-state index contributed by atoms with van der Waals surface area (Å²) in [6, 6.07) is 1.81. The summed E-state index contributed by atoms with van der Waals surface area (Å²) < 4.78 is 0. The third-order valence-electron chi connectivity index (χ3n) is 0.787. The quantitative estimate of drug-likeness (QED) is 0.512. The Morgan fingerprint density at radius 3 is 2.70 bits per heavy atom. The van der Waals surface area contributed by atoms with Gasteiger partial charge in [-0.15, -0.1) is 10.2 Å². The molecule has 0 fully saturated rings. The molecule has 0 atom stereocenters. The van der Waals surface area contributed by atoms with E-state index in [0.717, 1.165) is 0 Å². The fourth-order valence-electron chi connectivity index (χ4n) is 0.364. The maximum absolute atomic E-state index is 8.28. The van der Waals surface area contributed by atoms with Crippen LogP contribution in [0.5, 0.6) is 0 Å². The average molecular weight is 202 g/mol. The van der Waals surface area contributed by atoms with Crippen molar-refractivity contribution in [2.75, 3.05) is 5.73 Å². The van der Waals surface area contributed by atoms with Crippen molar-refractivity contribution in [3.8, 4) is 6.07 Å². The summed E-state index contributed by atoms with van der Waals surface area (Å²) in [5.41, 5.74) is 5.45. The van der Waals surface area contributed by atoms with E-state index in [0.29, 0.717) is 0 Å². The number of anilines is 1. The van der Waals surface area contributed by atoms with Crippen LogP contribution in [-0.4, -0.2) is 32.5 Å². The summed E-state index contributed by atoms with van der Waals surface area (Å²) in [6.07, 6.45) is 1.27. The number of rotatable bonds is 0. The van der Waals surface area contributed by atoms with E-state index >= 15 is 0 Å². The first-order valence-electron chi connectivity index (χ1n) is 2.18. The van der Waals surface area contributed by atoms with Crippen molar-refractivity contribution in [1.29, 1.82) is 5.26 Å². The molecular weight excluding hydrogens is 197 g/mol. The first-order chi connectivity index (χ1) is 4.34. The number of hydrogen-bond acceptors (Lipinski definition) is 5. The first kappa shape index (κ1) is 8.82. The summed E-state index contributed by atoms with van der Waals surface area (Å²) in [5.74, 6) is 0.118. The van der Waals surface area contributed by atoms with Crippen LogP contribution in [0.2, 0.25) is 0 Å². The number of nitrogens with zero attached hydrogens (tertiary/aromatic N) is 4. The van der Waals surface area contributed by atoms with E-state index in [4.69, 9.17) is 11.0 Å². The van der Waals surface area contributed by atoms with Gasteiger partial charge in [0.1, 0.15) is 11.6 Å². The normalized spacial score (nSPS) is 7.50. The number of aromatic nitrogens is 3. The van der Waals surface area contributed by atoms with Crippen LogP contribution in [0.4, 0.5) is 5.82 Å². The molecule has 6 heteroatoms. The Labute approximate surface area is 67.7 Å². The molecule has 0 amide bonds. The molecule has 0 unspecified atom stereocenters. The molecule has 2 N–H and O–H groups in total. The number of nitrogens with two attached hydrogens (primary N) is 1. The van der Waals surface area contributed by atoms with Crippen molar-refractivity contribution in [3.63, 3.8) is 0 Å². The van der Waals surface area contributed by atoms with Gasteiger partial charge in [-0.2, -0.15) is 5.26 Å². The summed E-state index contributed by atoms with van der Waals surface area (Å²) >= 11 is 0. The predicted octanol–water partition coefficient (Wildman–Crippen LogP) is -1.59. The summed E-state index contributed by atoms with van der Waals surface area (Å²) in [6.45, 7) is 0. The van der Waals surface area contributed by atoms with Gasteiger partial charge in [0.15, 0.2) is 5.82 Å². The van der Waals surface area contributed by atoms with Gasteiger partial charge in [-0.05, 0) is 5.21 Å². The number of nitriles is 1. The number of hydrogen-bond donors (Lipinski definition) is 1. The van der Waals surface area contributed by atoms with Gasteiger partial charge in [-0.3, -0.25) is 0 Å². The van der Waals surface area contributed by atoms with Crippen LogP contribution in [0.25, 0.3) is 0 Å². The molecule has 0 aliphatic carbocycles. The zero-order valence-corrected chi connectivity index (χ0v) is 7.04.